The molecule has 0 radical (unpaired) electrons. The third-order valence-corrected chi connectivity index (χ3v) is 1.84. The van der Waals surface area contributed by atoms with Crippen LogP contribution in [0.5, 0.6) is 0 Å². The van der Waals surface area contributed by atoms with Crippen molar-refractivity contribution in [1.82, 2.24) is 0 Å². The molecule has 1 atom stereocenters. The highest BCUT2D eigenvalue weighted by molar-refractivity contribution is 5.21. The minimum absolute atomic E-state index is 0.0104. The molecule has 12 heavy (non-hydrogen) atoms. The van der Waals surface area contributed by atoms with Gasteiger partial charge in [0.05, 0.1) is 5.92 Å². The maximum absolute atomic E-state index is 12.1. The lowest BCUT2D eigenvalue weighted by atomic mass is 9.94. The molecule has 4 heteroatoms. The van der Waals surface area contributed by atoms with Gasteiger partial charge in [0.25, 0.3) is 0 Å². The second-order valence-electron chi connectivity index (χ2n) is 2.77. The largest absolute Gasteiger partial charge is 0.395 e. The summed E-state index contributed by atoms with van der Waals surface area (Å²) in [6, 6.07) is 0. The first-order valence-corrected chi connectivity index (χ1v) is 3.67. The van der Waals surface area contributed by atoms with Crippen molar-refractivity contribution >= 4 is 0 Å². The molecule has 0 spiro atoms. The second-order valence-corrected chi connectivity index (χ2v) is 2.77. The Balaban J connectivity index is 2.65. The molecule has 0 heterocycles. The number of allylic oxidation sites excluding steroid dienone is 3. The van der Waals surface area contributed by atoms with Crippen molar-refractivity contribution in [1.29, 1.82) is 0 Å². The molecule has 0 amide bonds. The predicted molar refractivity (Wildman–Crippen MR) is 40.4 cm³/mol. The summed E-state index contributed by atoms with van der Waals surface area (Å²) < 4.78 is 36.4. The fraction of sp³-hybridized carbons (Fsp3) is 0.500. The van der Waals surface area contributed by atoms with Gasteiger partial charge in [-0.25, -0.2) is 0 Å². The van der Waals surface area contributed by atoms with Crippen LogP contribution in [-0.2, 0) is 0 Å². The third-order valence-electron chi connectivity index (χ3n) is 1.84. The molecule has 1 aliphatic carbocycles. The first-order valence-electron chi connectivity index (χ1n) is 3.67. The molecular formula is C8H10F3N. The number of rotatable bonds is 1. The van der Waals surface area contributed by atoms with Crippen molar-refractivity contribution in [2.24, 2.45) is 11.7 Å². The van der Waals surface area contributed by atoms with E-state index in [0.717, 1.165) is 0 Å². The van der Waals surface area contributed by atoms with Crippen LogP contribution in [-0.4, -0.2) is 12.7 Å². The molecule has 0 aromatic heterocycles. The zero-order valence-corrected chi connectivity index (χ0v) is 6.43. The van der Waals surface area contributed by atoms with Crippen molar-refractivity contribution in [3.63, 3.8) is 0 Å². The Hall–Kier alpha value is -0.770. The Morgan fingerprint density at radius 1 is 1.50 bits per heavy atom. The summed E-state index contributed by atoms with van der Waals surface area (Å²) in [5.74, 6) is -1.35. The Kier molecular flexibility index (Phi) is 2.57. The van der Waals surface area contributed by atoms with Crippen LogP contribution in [0.4, 0.5) is 13.2 Å². The minimum Gasteiger partial charge on any atom is -0.327 e. The zero-order valence-electron chi connectivity index (χ0n) is 6.43. The SMILES string of the molecule is NCC1=CC=CC(C(F)(F)F)C1. The molecule has 2 N–H and O–H groups in total. The van der Waals surface area contributed by atoms with E-state index in [1.807, 2.05) is 0 Å². The van der Waals surface area contributed by atoms with Crippen LogP contribution in [0.15, 0.2) is 23.8 Å². The molecule has 1 unspecified atom stereocenters. The lowest BCUT2D eigenvalue weighted by Crippen LogP contribution is -2.24. The van der Waals surface area contributed by atoms with Crippen LogP contribution in [0.25, 0.3) is 0 Å². The standard InChI is InChI=1S/C8H10F3N/c9-8(10,11)7-3-1-2-6(4-7)5-12/h1-3,7H,4-5,12H2. The maximum Gasteiger partial charge on any atom is 0.395 e. The highest BCUT2D eigenvalue weighted by Gasteiger charge is 2.38. The van der Waals surface area contributed by atoms with E-state index in [1.54, 1.807) is 6.08 Å². The van der Waals surface area contributed by atoms with Gasteiger partial charge in [0.2, 0.25) is 0 Å². The van der Waals surface area contributed by atoms with Crippen molar-refractivity contribution in [2.45, 2.75) is 12.6 Å². The van der Waals surface area contributed by atoms with Gasteiger partial charge in [0.1, 0.15) is 0 Å². The lowest BCUT2D eigenvalue weighted by Gasteiger charge is -2.20. The minimum atomic E-state index is -4.13. The van der Waals surface area contributed by atoms with Crippen LogP contribution in [0, 0.1) is 5.92 Å². The maximum atomic E-state index is 12.1. The van der Waals surface area contributed by atoms with Gasteiger partial charge in [-0.1, -0.05) is 23.8 Å². The molecule has 68 valence electrons. The van der Waals surface area contributed by atoms with Gasteiger partial charge >= 0.3 is 6.18 Å². The molecule has 0 saturated carbocycles. The zero-order chi connectivity index (χ0) is 9.19. The first kappa shape index (κ1) is 9.32. The van der Waals surface area contributed by atoms with E-state index in [9.17, 15) is 13.2 Å². The summed E-state index contributed by atoms with van der Waals surface area (Å²) in [5.41, 5.74) is 5.89. The summed E-state index contributed by atoms with van der Waals surface area (Å²) in [5, 5.41) is 0. The summed E-state index contributed by atoms with van der Waals surface area (Å²) in [6.07, 6.45) is 0.104. The molecule has 0 aromatic carbocycles. The fourth-order valence-corrected chi connectivity index (χ4v) is 1.12. The number of hydrogen-bond donors (Lipinski definition) is 1. The van der Waals surface area contributed by atoms with E-state index < -0.39 is 12.1 Å². The van der Waals surface area contributed by atoms with Crippen LogP contribution in [0.2, 0.25) is 0 Å². The highest BCUT2D eigenvalue weighted by Crippen LogP contribution is 2.33. The van der Waals surface area contributed by atoms with Crippen molar-refractivity contribution in [2.75, 3.05) is 6.54 Å². The van der Waals surface area contributed by atoms with E-state index in [0.29, 0.717) is 5.57 Å². The second kappa shape index (κ2) is 3.31. The van der Waals surface area contributed by atoms with Gasteiger partial charge in [0, 0.05) is 6.54 Å². The Morgan fingerprint density at radius 3 is 2.67 bits per heavy atom. The lowest BCUT2D eigenvalue weighted by molar-refractivity contribution is -0.160. The van der Waals surface area contributed by atoms with E-state index in [4.69, 9.17) is 5.73 Å². The Labute approximate surface area is 68.7 Å². The molecule has 1 rings (SSSR count). The topological polar surface area (TPSA) is 26.0 Å². The fourth-order valence-electron chi connectivity index (χ4n) is 1.12. The first-order chi connectivity index (χ1) is 5.54. The molecule has 1 aliphatic rings. The van der Waals surface area contributed by atoms with Crippen molar-refractivity contribution in [3.05, 3.63) is 23.8 Å². The molecular weight excluding hydrogens is 167 g/mol. The number of nitrogens with two attached hydrogens (primary N) is 1. The van der Waals surface area contributed by atoms with Crippen molar-refractivity contribution < 1.29 is 13.2 Å². The van der Waals surface area contributed by atoms with E-state index in [1.165, 1.54) is 12.2 Å². The average molecular weight is 177 g/mol. The highest BCUT2D eigenvalue weighted by atomic mass is 19.4. The van der Waals surface area contributed by atoms with Crippen LogP contribution in [0.1, 0.15) is 6.42 Å². The van der Waals surface area contributed by atoms with Gasteiger partial charge in [-0.05, 0) is 6.42 Å². The average Bonchev–Trinajstić information content (AvgIpc) is 2.03. The van der Waals surface area contributed by atoms with Crippen LogP contribution in [0.3, 0.4) is 0 Å². The summed E-state index contributed by atoms with van der Waals surface area (Å²) in [7, 11) is 0. The number of halogens is 3. The molecule has 0 aromatic rings. The van der Waals surface area contributed by atoms with Gasteiger partial charge in [-0.15, -0.1) is 0 Å². The molecule has 0 bridgehead atoms. The predicted octanol–water partition coefficient (Wildman–Crippen LogP) is 2.01. The Bertz CT molecular complexity index is 215. The summed E-state index contributed by atoms with van der Waals surface area (Å²) in [6.45, 7) is 0.205. The van der Waals surface area contributed by atoms with Crippen molar-refractivity contribution in [3.8, 4) is 0 Å². The van der Waals surface area contributed by atoms with E-state index in [-0.39, 0.29) is 13.0 Å². The van der Waals surface area contributed by atoms with Gasteiger partial charge in [-0.2, -0.15) is 13.2 Å². The van der Waals surface area contributed by atoms with Crippen LogP contribution >= 0.6 is 0 Å². The molecule has 0 aliphatic heterocycles. The molecule has 0 saturated heterocycles. The number of alkyl halides is 3. The normalized spacial score (nSPS) is 24.0. The van der Waals surface area contributed by atoms with E-state index in [2.05, 4.69) is 0 Å². The smallest absolute Gasteiger partial charge is 0.327 e. The van der Waals surface area contributed by atoms with E-state index >= 15 is 0 Å². The summed E-state index contributed by atoms with van der Waals surface area (Å²) >= 11 is 0. The Morgan fingerprint density at radius 2 is 2.17 bits per heavy atom. The van der Waals surface area contributed by atoms with Crippen LogP contribution < -0.4 is 5.73 Å². The summed E-state index contributed by atoms with van der Waals surface area (Å²) in [4.78, 5) is 0. The van der Waals surface area contributed by atoms with Gasteiger partial charge in [-0.3, -0.25) is 0 Å². The monoisotopic (exact) mass is 177 g/mol. The molecule has 1 nitrogen and oxygen atoms in total. The van der Waals surface area contributed by atoms with Gasteiger partial charge in [0.15, 0.2) is 0 Å². The quantitative estimate of drug-likeness (QED) is 0.651. The molecule has 0 fully saturated rings. The third kappa shape index (κ3) is 2.11. The number of hydrogen-bond acceptors (Lipinski definition) is 1. The van der Waals surface area contributed by atoms with Gasteiger partial charge < -0.3 is 5.73 Å².